The average Bonchev–Trinajstić information content (AvgIpc) is 2.31. The molecule has 0 heterocycles. The van der Waals surface area contributed by atoms with Crippen molar-refractivity contribution in [3.05, 3.63) is 0 Å². The van der Waals surface area contributed by atoms with Gasteiger partial charge in [-0.15, -0.1) is 0 Å². The fourth-order valence-electron chi connectivity index (χ4n) is 1.34. The minimum absolute atomic E-state index is 0.107. The molecule has 0 saturated heterocycles. The van der Waals surface area contributed by atoms with Gasteiger partial charge in [-0.2, -0.15) is 0 Å². The van der Waals surface area contributed by atoms with E-state index in [9.17, 15) is 14.4 Å². The number of carbonyl (C=O) groups excluding carboxylic acids is 3. The molecular weight excluding hydrogens is 264 g/mol. The van der Waals surface area contributed by atoms with Crippen molar-refractivity contribution in [1.29, 1.82) is 0 Å². The third kappa shape index (κ3) is 8.34. The number of rotatable bonds is 6. The summed E-state index contributed by atoms with van der Waals surface area (Å²) < 4.78 is 9.93. The molecule has 0 aliphatic rings. The first-order chi connectivity index (χ1) is 9.19. The van der Waals surface area contributed by atoms with Crippen molar-refractivity contribution in [2.24, 2.45) is 0 Å². The maximum Gasteiger partial charge on any atom is 0.408 e. The molecule has 20 heavy (non-hydrogen) atoms. The first kappa shape index (κ1) is 18.2. The molecular formula is C13H24N2O5. The zero-order valence-electron chi connectivity index (χ0n) is 12.7. The molecule has 0 radical (unpaired) electrons. The highest BCUT2D eigenvalue weighted by Gasteiger charge is 2.25. The molecule has 0 aromatic carbocycles. The van der Waals surface area contributed by atoms with E-state index >= 15 is 0 Å². The SMILES string of the molecule is CCOC(=O)[C@H](CCC(=O)NC)NC(=O)OC(C)(C)C. The number of alkyl carbamates (subject to hydrolysis) is 1. The average molecular weight is 288 g/mol. The number of carbonyl (C=O) groups is 3. The molecule has 0 spiro atoms. The van der Waals surface area contributed by atoms with Gasteiger partial charge in [-0.1, -0.05) is 0 Å². The second kappa shape index (κ2) is 8.39. The van der Waals surface area contributed by atoms with Crippen molar-refractivity contribution >= 4 is 18.0 Å². The van der Waals surface area contributed by atoms with Crippen molar-refractivity contribution in [1.82, 2.24) is 10.6 Å². The van der Waals surface area contributed by atoms with Crippen molar-refractivity contribution in [3.8, 4) is 0 Å². The standard InChI is InChI=1S/C13H24N2O5/c1-6-19-11(17)9(7-8-10(16)14-5)15-12(18)20-13(2,3)4/h9H,6-8H2,1-5H3,(H,14,16)(H,15,18)/t9-/m0/s1. The van der Waals surface area contributed by atoms with Crippen LogP contribution in [0.3, 0.4) is 0 Å². The van der Waals surface area contributed by atoms with Crippen LogP contribution in [0.15, 0.2) is 0 Å². The Morgan fingerprint density at radius 3 is 2.25 bits per heavy atom. The van der Waals surface area contributed by atoms with Gasteiger partial charge in [0.05, 0.1) is 6.61 Å². The number of hydrogen-bond donors (Lipinski definition) is 2. The highest BCUT2D eigenvalue weighted by molar-refractivity contribution is 5.82. The van der Waals surface area contributed by atoms with Gasteiger partial charge in [-0.25, -0.2) is 9.59 Å². The van der Waals surface area contributed by atoms with Crippen LogP contribution in [-0.2, 0) is 19.1 Å². The Kier molecular flexibility index (Phi) is 7.64. The fraction of sp³-hybridized carbons (Fsp3) is 0.769. The number of hydrogen-bond acceptors (Lipinski definition) is 5. The van der Waals surface area contributed by atoms with Crippen LogP contribution in [0, 0.1) is 0 Å². The monoisotopic (exact) mass is 288 g/mol. The molecule has 0 fully saturated rings. The van der Waals surface area contributed by atoms with Crippen molar-refractivity contribution in [2.45, 2.75) is 52.2 Å². The van der Waals surface area contributed by atoms with E-state index in [0.29, 0.717) is 0 Å². The first-order valence-corrected chi connectivity index (χ1v) is 6.56. The van der Waals surface area contributed by atoms with Crippen LogP contribution in [0.2, 0.25) is 0 Å². The lowest BCUT2D eigenvalue weighted by Gasteiger charge is -2.22. The Labute approximate surface area is 119 Å². The van der Waals surface area contributed by atoms with Crippen LogP contribution in [0.25, 0.3) is 0 Å². The Hall–Kier alpha value is -1.79. The van der Waals surface area contributed by atoms with E-state index in [1.807, 2.05) is 0 Å². The third-order valence-electron chi connectivity index (χ3n) is 2.20. The van der Waals surface area contributed by atoms with Gasteiger partial charge in [-0.05, 0) is 34.1 Å². The minimum atomic E-state index is -0.901. The normalized spacial score (nSPS) is 12.2. The van der Waals surface area contributed by atoms with Gasteiger partial charge < -0.3 is 20.1 Å². The molecule has 1 atom stereocenters. The molecule has 0 bridgehead atoms. The molecule has 0 rings (SSSR count). The molecule has 0 saturated carbocycles. The van der Waals surface area contributed by atoms with E-state index in [-0.39, 0.29) is 25.4 Å². The number of ether oxygens (including phenoxy) is 2. The quantitative estimate of drug-likeness (QED) is 0.710. The molecule has 0 aliphatic heterocycles. The van der Waals surface area contributed by atoms with E-state index in [0.717, 1.165) is 0 Å². The lowest BCUT2D eigenvalue weighted by atomic mass is 10.1. The van der Waals surface area contributed by atoms with E-state index in [2.05, 4.69) is 10.6 Å². The molecule has 7 nitrogen and oxygen atoms in total. The van der Waals surface area contributed by atoms with Gasteiger partial charge >= 0.3 is 12.1 Å². The molecule has 0 unspecified atom stereocenters. The number of nitrogens with one attached hydrogen (secondary N) is 2. The second-order valence-electron chi connectivity index (χ2n) is 5.16. The summed E-state index contributed by atoms with van der Waals surface area (Å²) in [5.41, 5.74) is -0.663. The van der Waals surface area contributed by atoms with Gasteiger partial charge in [0, 0.05) is 13.5 Å². The van der Waals surface area contributed by atoms with Gasteiger partial charge in [-0.3, -0.25) is 4.79 Å². The zero-order valence-corrected chi connectivity index (χ0v) is 12.7. The van der Waals surface area contributed by atoms with Gasteiger partial charge in [0.2, 0.25) is 5.91 Å². The molecule has 0 aliphatic carbocycles. The Morgan fingerprint density at radius 2 is 1.80 bits per heavy atom. The van der Waals surface area contributed by atoms with E-state index in [1.165, 1.54) is 7.05 Å². The van der Waals surface area contributed by atoms with Gasteiger partial charge in [0.15, 0.2) is 0 Å². The minimum Gasteiger partial charge on any atom is -0.464 e. The van der Waals surface area contributed by atoms with Gasteiger partial charge in [0.1, 0.15) is 11.6 Å². The van der Waals surface area contributed by atoms with E-state index in [1.54, 1.807) is 27.7 Å². The van der Waals surface area contributed by atoms with Crippen LogP contribution >= 0.6 is 0 Å². The lowest BCUT2D eigenvalue weighted by molar-refractivity contribution is -0.145. The summed E-state index contributed by atoms with van der Waals surface area (Å²) in [6.45, 7) is 7.02. The van der Waals surface area contributed by atoms with Crippen LogP contribution < -0.4 is 10.6 Å². The van der Waals surface area contributed by atoms with Crippen molar-refractivity contribution < 1.29 is 23.9 Å². The summed E-state index contributed by atoms with van der Waals surface area (Å²) in [4.78, 5) is 34.6. The maximum atomic E-state index is 11.7. The summed E-state index contributed by atoms with van der Waals surface area (Å²) in [7, 11) is 1.50. The summed E-state index contributed by atoms with van der Waals surface area (Å²) in [5.74, 6) is -0.799. The van der Waals surface area contributed by atoms with E-state index in [4.69, 9.17) is 9.47 Å². The Bertz CT molecular complexity index is 349. The number of esters is 1. The van der Waals surface area contributed by atoms with Gasteiger partial charge in [0.25, 0.3) is 0 Å². The third-order valence-corrected chi connectivity index (χ3v) is 2.20. The largest absolute Gasteiger partial charge is 0.464 e. The number of amides is 2. The van der Waals surface area contributed by atoms with Crippen LogP contribution in [0.4, 0.5) is 4.79 Å². The molecule has 2 amide bonds. The van der Waals surface area contributed by atoms with Crippen molar-refractivity contribution in [3.63, 3.8) is 0 Å². The fourth-order valence-corrected chi connectivity index (χ4v) is 1.34. The molecule has 116 valence electrons. The molecule has 0 aromatic rings. The summed E-state index contributed by atoms with van der Waals surface area (Å²) >= 11 is 0. The van der Waals surface area contributed by atoms with Crippen LogP contribution in [0.1, 0.15) is 40.5 Å². The predicted molar refractivity (Wildman–Crippen MR) is 73.1 cm³/mol. The molecule has 7 heteroatoms. The van der Waals surface area contributed by atoms with E-state index < -0.39 is 23.7 Å². The van der Waals surface area contributed by atoms with Crippen molar-refractivity contribution in [2.75, 3.05) is 13.7 Å². The topological polar surface area (TPSA) is 93.7 Å². The second-order valence-corrected chi connectivity index (χ2v) is 5.16. The summed E-state index contributed by atoms with van der Waals surface area (Å²) in [6, 6.07) is -0.901. The van der Waals surface area contributed by atoms with Crippen LogP contribution in [0.5, 0.6) is 0 Å². The highest BCUT2D eigenvalue weighted by atomic mass is 16.6. The predicted octanol–water partition coefficient (Wildman–Crippen LogP) is 0.969. The summed E-state index contributed by atoms with van der Waals surface area (Å²) in [6.07, 6.45) is -0.458. The summed E-state index contributed by atoms with van der Waals surface area (Å²) in [5, 5.41) is 4.87. The Morgan fingerprint density at radius 1 is 1.20 bits per heavy atom. The molecule has 0 aromatic heterocycles. The lowest BCUT2D eigenvalue weighted by Crippen LogP contribution is -2.44. The van der Waals surface area contributed by atoms with Crippen LogP contribution in [-0.4, -0.2) is 43.3 Å². The zero-order chi connectivity index (χ0) is 15.8. The first-order valence-electron chi connectivity index (χ1n) is 6.56. The Balaban J connectivity index is 4.56. The maximum absolute atomic E-state index is 11.7. The smallest absolute Gasteiger partial charge is 0.408 e. The molecule has 2 N–H and O–H groups in total. The highest BCUT2D eigenvalue weighted by Crippen LogP contribution is 2.08.